The van der Waals surface area contributed by atoms with Crippen LogP contribution in [0.3, 0.4) is 0 Å². The van der Waals surface area contributed by atoms with E-state index in [1.54, 1.807) is 0 Å². The minimum Gasteiger partial charge on any atom is -0.479 e. The number of carboxylic acids is 1. The quantitative estimate of drug-likeness (QED) is 0.742. The van der Waals surface area contributed by atoms with E-state index in [4.69, 9.17) is 14.6 Å². The van der Waals surface area contributed by atoms with Crippen LogP contribution in [0.15, 0.2) is 0 Å². The highest BCUT2D eigenvalue weighted by Crippen LogP contribution is 2.19. The zero-order valence-electron chi connectivity index (χ0n) is 11.0. The molecule has 1 amide bonds. The van der Waals surface area contributed by atoms with Crippen molar-refractivity contribution in [1.29, 1.82) is 0 Å². The molecule has 3 atom stereocenters. The summed E-state index contributed by atoms with van der Waals surface area (Å²) in [6.45, 7) is 1.20. The molecular formula is C13H21NO5. The second-order valence-electron chi connectivity index (χ2n) is 5.14. The summed E-state index contributed by atoms with van der Waals surface area (Å²) in [5.41, 5.74) is 0. The number of aliphatic carboxylic acids is 1. The van der Waals surface area contributed by atoms with Gasteiger partial charge < -0.3 is 19.9 Å². The minimum atomic E-state index is -0.924. The van der Waals surface area contributed by atoms with Gasteiger partial charge in [-0.3, -0.25) is 4.79 Å². The zero-order valence-corrected chi connectivity index (χ0v) is 11.0. The molecule has 0 aromatic heterocycles. The van der Waals surface area contributed by atoms with Crippen LogP contribution in [0.4, 0.5) is 0 Å². The monoisotopic (exact) mass is 271 g/mol. The lowest BCUT2D eigenvalue weighted by molar-refractivity contribution is -0.149. The van der Waals surface area contributed by atoms with Crippen molar-refractivity contribution < 1.29 is 24.2 Å². The van der Waals surface area contributed by atoms with Crippen LogP contribution in [0, 0.1) is 0 Å². The highest BCUT2D eigenvalue weighted by molar-refractivity contribution is 5.76. The first-order chi connectivity index (χ1) is 9.15. The first-order valence-electron chi connectivity index (χ1n) is 6.91. The zero-order chi connectivity index (χ0) is 13.7. The Morgan fingerprint density at radius 2 is 2.05 bits per heavy atom. The number of ether oxygens (including phenoxy) is 2. The van der Waals surface area contributed by atoms with Gasteiger partial charge >= 0.3 is 5.97 Å². The summed E-state index contributed by atoms with van der Waals surface area (Å²) in [6.07, 6.45) is 3.88. The number of nitrogens with one attached hydrogen (secondary N) is 1. The van der Waals surface area contributed by atoms with Crippen molar-refractivity contribution in [2.75, 3.05) is 13.2 Å². The van der Waals surface area contributed by atoms with Crippen molar-refractivity contribution in [3.8, 4) is 0 Å². The Morgan fingerprint density at radius 3 is 2.68 bits per heavy atom. The van der Waals surface area contributed by atoms with E-state index in [0.717, 1.165) is 25.9 Å². The molecule has 2 aliphatic heterocycles. The molecule has 19 heavy (non-hydrogen) atoms. The number of amides is 1. The van der Waals surface area contributed by atoms with E-state index in [-0.39, 0.29) is 18.1 Å². The molecular weight excluding hydrogens is 250 g/mol. The maximum absolute atomic E-state index is 11.6. The minimum absolute atomic E-state index is 0.0159. The third-order valence-electron chi connectivity index (χ3n) is 3.63. The lowest BCUT2D eigenvalue weighted by atomic mass is 10.1. The predicted molar refractivity (Wildman–Crippen MR) is 66.7 cm³/mol. The molecule has 0 spiro atoms. The van der Waals surface area contributed by atoms with Gasteiger partial charge in [0.05, 0.1) is 12.2 Å². The van der Waals surface area contributed by atoms with E-state index in [1.165, 1.54) is 0 Å². The van der Waals surface area contributed by atoms with Gasteiger partial charge in [0, 0.05) is 19.6 Å². The lowest BCUT2D eigenvalue weighted by Gasteiger charge is -2.13. The predicted octanol–water partition coefficient (Wildman–Crippen LogP) is 0.694. The first kappa shape index (κ1) is 14.3. The van der Waals surface area contributed by atoms with Crippen molar-refractivity contribution in [2.45, 2.75) is 56.8 Å². The van der Waals surface area contributed by atoms with Crippen LogP contribution >= 0.6 is 0 Å². The summed E-state index contributed by atoms with van der Waals surface area (Å²) in [6, 6.07) is 0. The molecule has 2 saturated heterocycles. The van der Waals surface area contributed by atoms with E-state index >= 15 is 0 Å². The Labute approximate surface area is 112 Å². The third-order valence-corrected chi connectivity index (χ3v) is 3.63. The highest BCUT2D eigenvalue weighted by Gasteiger charge is 2.30. The largest absolute Gasteiger partial charge is 0.479 e. The van der Waals surface area contributed by atoms with Crippen LogP contribution < -0.4 is 5.32 Å². The molecule has 2 fully saturated rings. The molecule has 0 radical (unpaired) electrons. The molecule has 0 aliphatic carbocycles. The second-order valence-corrected chi connectivity index (χ2v) is 5.14. The summed E-state index contributed by atoms with van der Waals surface area (Å²) in [5, 5.41) is 11.6. The molecule has 0 saturated carbocycles. The molecule has 0 bridgehead atoms. The van der Waals surface area contributed by atoms with Crippen LogP contribution in [-0.4, -0.2) is 48.4 Å². The summed E-state index contributed by atoms with van der Waals surface area (Å²) < 4.78 is 10.8. The van der Waals surface area contributed by atoms with Gasteiger partial charge in [0.1, 0.15) is 0 Å². The van der Waals surface area contributed by atoms with Crippen LogP contribution in [-0.2, 0) is 19.1 Å². The molecule has 6 nitrogen and oxygen atoms in total. The Bertz CT molecular complexity index is 327. The summed E-state index contributed by atoms with van der Waals surface area (Å²) in [4.78, 5) is 22.3. The van der Waals surface area contributed by atoms with Gasteiger partial charge in [-0.2, -0.15) is 0 Å². The number of hydrogen-bond acceptors (Lipinski definition) is 4. The first-order valence-corrected chi connectivity index (χ1v) is 6.91. The Hall–Kier alpha value is -1.14. The van der Waals surface area contributed by atoms with Crippen molar-refractivity contribution in [2.24, 2.45) is 0 Å². The van der Waals surface area contributed by atoms with Gasteiger partial charge in [0.25, 0.3) is 0 Å². The molecule has 0 aromatic rings. The molecule has 6 heteroatoms. The molecule has 108 valence electrons. The fourth-order valence-electron chi connectivity index (χ4n) is 2.52. The standard InChI is InChI=1S/C13H21NO5/c15-12(6-4-9-2-1-7-18-9)14-8-10-3-5-11(19-10)13(16)17/h9-11H,1-8H2,(H,14,15)(H,16,17). The van der Waals surface area contributed by atoms with Crippen molar-refractivity contribution in [3.63, 3.8) is 0 Å². The number of carboxylic acid groups (broad SMARTS) is 1. The van der Waals surface area contributed by atoms with Crippen LogP contribution in [0.2, 0.25) is 0 Å². The van der Waals surface area contributed by atoms with Crippen molar-refractivity contribution in [1.82, 2.24) is 5.32 Å². The molecule has 2 rings (SSSR count). The Kier molecular flexibility index (Phi) is 5.15. The van der Waals surface area contributed by atoms with E-state index in [2.05, 4.69) is 5.32 Å². The van der Waals surface area contributed by atoms with Crippen LogP contribution in [0.1, 0.15) is 38.5 Å². The fraction of sp³-hybridized carbons (Fsp3) is 0.846. The van der Waals surface area contributed by atoms with Crippen LogP contribution in [0.25, 0.3) is 0 Å². The SMILES string of the molecule is O=C(CCC1CCCO1)NCC1CCC(C(=O)O)O1. The molecule has 2 heterocycles. The van der Waals surface area contributed by atoms with Gasteiger partial charge in [-0.1, -0.05) is 0 Å². The van der Waals surface area contributed by atoms with Gasteiger partial charge in [-0.15, -0.1) is 0 Å². The fourth-order valence-corrected chi connectivity index (χ4v) is 2.52. The average molecular weight is 271 g/mol. The lowest BCUT2D eigenvalue weighted by Crippen LogP contribution is -2.33. The number of rotatable bonds is 6. The Balaban J connectivity index is 1.57. The third kappa shape index (κ3) is 4.47. The van der Waals surface area contributed by atoms with E-state index in [9.17, 15) is 9.59 Å². The average Bonchev–Trinajstić information content (AvgIpc) is 3.05. The van der Waals surface area contributed by atoms with Crippen molar-refractivity contribution in [3.05, 3.63) is 0 Å². The summed E-state index contributed by atoms with van der Waals surface area (Å²) >= 11 is 0. The maximum Gasteiger partial charge on any atom is 0.332 e. The summed E-state index contributed by atoms with van der Waals surface area (Å²) in [5.74, 6) is -0.940. The van der Waals surface area contributed by atoms with E-state index < -0.39 is 12.1 Å². The maximum atomic E-state index is 11.6. The van der Waals surface area contributed by atoms with E-state index in [1.807, 2.05) is 0 Å². The van der Waals surface area contributed by atoms with Gasteiger partial charge in [-0.25, -0.2) is 4.79 Å². The second kappa shape index (κ2) is 6.86. The number of hydrogen-bond donors (Lipinski definition) is 2. The van der Waals surface area contributed by atoms with Gasteiger partial charge in [0.15, 0.2) is 6.10 Å². The van der Waals surface area contributed by atoms with Crippen molar-refractivity contribution >= 4 is 11.9 Å². The molecule has 2 N–H and O–H groups in total. The smallest absolute Gasteiger partial charge is 0.332 e. The van der Waals surface area contributed by atoms with Gasteiger partial charge in [-0.05, 0) is 32.1 Å². The van der Waals surface area contributed by atoms with Gasteiger partial charge in [0.2, 0.25) is 5.91 Å². The molecule has 2 aliphatic rings. The number of carbonyl (C=O) groups excluding carboxylic acids is 1. The normalized spacial score (nSPS) is 30.4. The molecule has 0 aromatic carbocycles. The topological polar surface area (TPSA) is 84.9 Å². The highest BCUT2D eigenvalue weighted by atomic mass is 16.5. The van der Waals surface area contributed by atoms with Crippen LogP contribution in [0.5, 0.6) is 0 Å². The molecule has 3 unspecified atom stereocenters. The van der Waals surface area contributed by atoms with E-state index in [0.29, 0.717) is 25.8 Å². The number of carbonyl (C=O) groups is 2. The Morgan fingerprint density at radius 1 is 1.21 bits per heavy atom. The summed E-state index contributed by atoms with van der Waals surface area (Å²) in [7, 11) is 0.